The molecule has 0 atom stereocenters. The highest BCUT2D eigenvalue weighted by Crippen LogP contribution is 2.21. The molecule has 1 amide bonds. The zero-order valence-corrected chi connectivity index (χ0v) is 19.0. The van der Waals surface area contributed by atoms with Crippen LogP contribution in [0.25, 0.3) is 11.5 Å². The summed E-state index contributed by atoms with van der Waals surface area (Å²) in [6, 6.07) is 11.5. The molecule has 3 aromatic rings. The van der Waals surface area contributed by atoms with E-state index in [-0.39, 0.29) is 5.91 Å². The average Bonchev–Trinajstić information content (AvgIpc) is 3.43. The van der Waals surface area contributed by atoms with Gasteiger partial charge in [0.1, 0.15) is 5.76 Å². The summed E-state index contributed by atoms with van der Waals surface area (Å²) >= 11 is 0. The molecule has 0 saturated heterocycles. The molecule has 166 valence electrons. The van der Waals surface area contributed by atoms with Gasteiger partial charge in [0.2, 0.25) is 5.89 Å². The monoisotopic (exact) mass is 422 g/mol. The van der Waals surface area contributed by atoms with Crippen molar-refractivity contribution in [2.24, 2.45) is 5.73 Å². The molecule has 3 N–H and O–H groups in total. The molecule has 31 heavy (non-hydrogen) atoms. The minimum atomic E-state index is -0.125. The molecule has 4 rings (SSSR count). The SMILES string of the molecule is CC.Cc1nc(-c2ccc(C(=O)NCc3cccnc3)cc2)oc1C.NC1CCCC1. The standard InChI is InChI=1S/C18H17N3O2.C5H11N.C2H6/c1-12-13(2)23-18(21-12)16-7-5-15(6-8-16)17(22)20-11-14-4-3-9-19-10-14;6-5-3-1-2-4-5;1-2/h3-10H,11H2,1-2H3,(H,20,22);5H,1-4,6H2;1-2H3. The van der Waals surface area contributed by atoms with E-state index >= 15 is 0 Å². The molecule has 0 aliphatic heterocycles. The van der Waals surface area contributed by atoms with Gasteiger partial charge in [-0.15, -0.1) is 0 Å². The predicted molar refractivity (Wildman–Crippen MR) is 125 cm³/mol. The number of aromatic nitrogens is 2. The van der Waals surface area contributed by atoms with Crippen molar-refractivity contribution in [2.45, 2.75) is 66.0 Å². The van der Waals surface area contributed by atoms with Gasteiger partial charge in [-0.2, -0.15) is 0 Å². The molecule has 6 heteroatoms. The van der Waals surface area contributed by atoms with Gasteiger partial charge >= 0.3 is 0 Å². The molecule has 0 spiro atoms. The summed E-state index contributed by atoms with van der Waals surface area (Å²) in [6.07, 6.45) is 8.69. The minimum absolute atomic E-state index is 0.125. The van der Waals surface area contributed by atoms with Crippen LogP contribution in [0.15, 0.2) is 53.2 Å². The average molecular weight is 423 g/mol. The molecule has 2 aromatic heterocycles. The van der Waals surface area contributed by atoms with Gasteiger partial charge in [0, 0.05) is 36.1 Å². The lowest BCUT2D eigenvalue weighted by Gasteiger charge is -2.05. The maximum Gasteiger partial charge on any atom is 0.251 e. The summed E-state index contributed by atoms with van der Waals surface area (Å²) in [5.41, 5.74) is 8.82. The molecule has 1 saturated carbocycles. The molecular weight excluding hydrogens is 388 g/mol. The summed E-state index contributed by atoms with van der Waals surface area (Å²) in [6.45, 7) is 8.24. The number of hydrogen-bond donors (Lipinski definition) is 2. The van der Waals surface area contributed by atoms with Gasteiger partial charge in [0.05, 0.1) is 5.69 Å². The number of rotatable bonds is 4. The molecule has 1 aromatic carbocycles. The second-order valence-electron chi connectivity index (χ2n) is 7.33. The van der Waals surface area contributed by atoms with Crippen LogP contribution in [0.3, 0.4) is 0 Å². The normalized spacial score (nSPS) is 12.9. The van der Waals surface area contributed by atoms with E-state index in [2.05, 4.69) is 15.3 Å². The summed E-state index contributed by atoms with van der Waals surface area (Å²) < 4.78 is 5.59. The van der Waals surface area contributed by atoms with E-state index in [1.54, 1.807) is 24.5 Å². The Balaban J connectivity index is 0.000000363. The summed E-state index contributed by atoms with van der Waals surface area (Å²) in [7, 11) is 0. The Labute approximate surface area is 185 Å². The van der Waals surface area contributed by atoms with Crippen molar-refractivity contribution in [2.75, 3.05) is 0 Å². The first-order valence-corrected chi connectivity index (χ1v) is 11.0. The Kier molecular flexibility index (Phi) is 9.91. The smallest absolute Gasteiger partial charge is 0.251 e. The van der Waals surface area contributed by atoms with E-state index < -0.39 is 0 Å². The highest BCUT2D eigenvalue weighted by molar-refractivity contribution is 5.94. The van der Waals surface area contributed by atoms with Crippen LogP contribution in [-0.4, -0.2) is 21.9 Å². The second kappa shape index (κ2) is 12.6. The van der Waals surface area contributed by atoms with Crippen LogP contribution in [0.1, 0.15) is 66.9 Å². The van der Waals surface area contributed by atoms with E-state index in [1.807, 2.05) is 52.0 Å². The fraction of sp³-hybridized carbons (Fsp3) is 0.400. The van der Waals surface area contributed by atoms with E-state index in [0.29, 0.717) is 24.0 Å². The van der Waals surface area contributed by atoms with Crippen LogP contribution in [0.4, 0.5) is 0 Å². The number of amides is 1. The van der Waals surface area contributed by atoms with Gasteiger partial charge in [-0.25, -0.2) is 4.98 Å². The highest BCUT2D eigenvalue weighted by Gasteiger charge is 2.10. The zero-order valence-electron chi connectivity index (χ0n) is 19.0. The molecule has 1 aliphatic rings. The number of carbonyl (C=O) groups excluding carboxylic acids is 1. The van der Waals surface area contributed by atoms with E-state index in [0.717, 1.165) is 22.6 Å². The van der Waals surface area contributed by atoms with Crippen LogP contribution < -0.4 is 11.1 Å². The lowest BCUT2D eigenvalue weighted by molar-refractivity contribution is 0.0951. The molecule has 0 bridgehead atoms. The first-order chi connectivity index (χ1) is 15.0. The van der Waals surface area contributed by atoms with E-state index in [1.165, 1.54) is 25.7 Å². The maximum absolute atomic E-state index is 12.2. The number of nitrogens with two attached hydrogens (primary N) is 1. The van der Waals surface area contributed by atoms with Crippen molar-refractivity contribution in [1.29, 1.82) is 0 Å². The third-order valence-electron chi connectivity index (χ3n) is 5.00. The second-order valence-corrected chi connectivity index (χ2v) is 7.33. The van der Waals surface area contributed by atoms with Gasteiger partial charge < -0.3 is 15.5 Å². The van der Waals surface area contributed by atoms with Crippen molar-refractivity contribution in [1.82, 2.24) is 15.3 Å². The van der Waals surface area contributed by atoms with Gasteiger partial charge in [-0.05, 0) is 62.6 Å². The van der Waals surface area contributed by atoms with Crippen molar-refractivity contribution >= 4 is 5.91 Å². The quantitative estimate of drug-likeness (QED) is 0.603. The Bertz CT molecular complexity index is 895. The van der Waals surface area contributed by atoms with E-state index in [9.17, 15) is 4.79 Å². The highest BCUT2D eigenvalue weighted by atomic mass is 16.4. The fourth-order valence-electron chi connectivity index (χ4n) is 3.10. The number of carbonyl (C=O) groups is 1. The Hall–Kier alpha value is -2.99. The van der Waals surface area contributed by atoms with Crippen molar-refractivity contribution < 1.29 is 9.21 Å². The molecule has 1 aliphatic carbocycles. The fourth-order valence-corrected chi connectivity index (χ4v) is 3.10. The largest absolute Gasteiger partial charge is 0.441 e. The van der Waals surface area contributed by atoms with Crippen LogP contribution in [-0.2, 0) is 6.54 Å². The summed E-state index contributed by atoms with van der Waals surface area (Å²) in [5, 5.41) is 2.87. The Morgan fingerprint density at radius 1 is 1.13 bits per heavy atom. The Morgan fingerprint density at radius 3 is 2.29 bits per heavy atom. The van der Waals surface area contributed by atoms with Crippen molar-refractivity contribution in [3.63, 3.8) is 0 Å². The third kappa shape index (κ3) is 7.64. The van der Waals surface area contributed by atoms with Gasteiger partial charge in [0.25, 0.3) is 5.91 Å². The number of benzene rings is 1. The van der Waals surface area contributed by atoms with Gasteiger partial charge in [0.15, 0.2) is 0 Å². The van der Waals surface area contributed by atoms with Crippen LogP contribution in [0.5, 0.6) is 0 Å². The number of hydrogen-bond acceptors (Lipinski definition) is 5. The lowest BCUT2D eigenvalue weighted by atomic mass is 10.1. The van der Waals surface area contributed by atoms with Crippen LogP contribution in [0.2, 0.25) is 0 Å². The number of oxazole rings is 1. The summed E-state index contributed by atoms with van der Waals surface area (Å²) in [4.78, 5) is 20.5. The van der Waals surface area contributed by atoms with Gasteiger partial charge in [-0.1, -0.05) is 32.8 Å². The maximum atomic E-state index is 12.2. The lowest BCUT2D eigenvalue weighted by Crippen LogP contribution is -2.22. The molecule has 0 unspecified atom stereocenters. The number of aryl methyl sites for hydroxylation is 2. The number of nitrogens with one attached hydrogen (secondary N) is 1. The molecule has 1 fully saturated rings. The van der Waals surface area contributed by atoms with Crippen molar-refractivity contribution in [3.8, 4) is 11.5 Å². The first-order valence-electron chi connectivity index (χ1n) is 11.0. The Morgan fingerprint density at radius 2 is 1.81 bits per heavy atom. The van der Waals surface area contributed by atoms with Crippen LogP contribution in [0, 0.1) is 13.8 Å². The van der Waals surface area contributed by atoms with E-state index in [4.69, 9.17) is 10.2 Å². The number of nitrogens with zero attached hydrogens (tertiary/aromatic N) is 2. The number of pyridine rings is 1. The third-order valence-corrected chi connectivity index (χ3v) is 5.00. The minimum Gasteiger partial charge on any atom is -0.441 e. The first kappa shape index (κ1) is 24.3. The molecular formula is C25H34N4O2. The summed E-state index contributed by atoms with van der Waals surface area (Å²) in [5.74, 6) is 1.25. The zero-order chi connectivity index (χ0) is 22.6. The van der Waals surface area contributed by atoms with Gasteiger partial charge in [-0.3, -0.25) is 9.78 Å². The topological polar surface area (TPSA) is 94.0 Å². The van der Waals surface area contributed by atoms with Crippen molar-refractivity contribution in [3.05, 3.63) is 71.4 Å². The molecule has 6 nitrogen and oxygen atoms in total. The van der Waals surface area contributed by atoms with Crippen LogP contribution >= 0.6 is 0 Å². The molecule has 0 radical (unpaired) electrons. The predicted octanol–water partition coefficient (Wildman–Crippen LogP) is 5.20. The molecule has 2 heterocycles.